The standard InChI is InChI=1S/C11H14BrNO4S/c1-8-6-9(12)7-10(13(14)15)11(8)17-3-2-16-4-5-18/h6-7,18H,2-5H2,1H3. The Hall–Kier alpha value is -0.790. The third-order valence-corrected chi connectivity index (χ3v) is 2.77. The summed E-state index contributed by atoms with van der Waals surface area (Å²) in [5, 5.41) is 10.9. The number of halogens is 1. The van der Waals surface area contributed by atoms with Gasteiger partial charge in [0.2, 0.25) is 0 Å². The fraction of sp³-hybridized carbons (Fsp3) is 0.455. The largest absolute Gasteiger partial charge is 0.484 e. The number of hydrogen-bond donors (Lipinski definition) is 1. The molecule has 0 heterocycles. The molecule has 0 aliphatic heterocycles. The first-order valence-corrected chi connectivity index (χ1v) is 6.74. The van der Waals surface area contributed by atoms with Crippen LogP contribution in [0.15, 0.2) is 16.6 Å². The van der Waals surface area contributed by atoms with Gasteiger partial charge >= 0.3 is 5.69 Å². The van der Waals surface area contributed by atoms with Gasteiger partial charge in [0.15, 0.2) is 5.75 Å². The fourth-order valence-corrected chi connectivity index (χ4v) is 2.09. The summed E-state index contributed by atoms with van der Waals surface area (Å²) >= 11 is 7.23. The van der Waals surface area contributed by atoms with Crippen molar-refractivity contribution in [3.05, 3.63) is 32.3 Å². The molecule has 0 atom stereocenters. The quantitative estimate of drug-likeness (QED) is 0.360. The highest BCUT2D eigenvalue weighted by atomic mass is 79.9. The van der Waals surface area contributed by atoms with Gasteiger partial charge in [-0.3, -0.25) is 10.1 Å². The van der Waals surface area contributed by atoms with Crippen molar-refractivity contribution in [3.8, 4) is 5.75 Å². The third-order valence-electron chi connectivity index (χ3n) is 2.13. The van der Waals surface area contributed by atoms with Gasteiger partial charge in [-0.15, -0.1) is 0 Å². The molecule has 0 bridgehead atoms. The maximum atomic E-state index is 10.9. The van der Waals surface area contributed by atoms with Crippen molar-refractivity contribution in [3.63, 3.8) is 0 Å². The molecular formula is C11H14BrNO4S. The van der Waals surface area contributed by atoms with E-state index >= 15 is 0 Å². The van der Waals surface area contributed by atoms with Gasteiger partial charge < -0.3 is 9.47 Å². The van der Waals surface area contributed by atoms with Crippen molar-refractivity contribution in [2.75, 3.05) is 25.6 Å². The maximum Gasteiger partial charge on any atom is 0.312 e. The molecule has 1 rings (SSSR count). The van der Waals surface area contributed by atoms with Gasteiger partial charge in [0.25, 0.3) is 0 Å². The predicted octanol–water partition coefficient (Wildman–Crippen LogP) is 2.99. The topological polar surface area (TPSA) is 61.6 Å². The predicted molar refractivity (Wildman–Crippen MR) is 75.7 cm³/mol. The van der Waals surface area contributed by atoms with Crippen molar-refractivity contribution in [2.24, 2.45) is 0 Å². The van der Waals surface area contributed by atoms with Gasteiger partial charge in [0.1, 0.15) is 6.61 Å². The van der Waals surface area contributed by atoms with E-state index in [0.29, 0.717) is 29.0 Å². The summed E-state index contributed by atoms with van der Waals surface area (Å²) in [6.45, 7) is 2.96. The minimum Gasteiger partial charge on any atom is -0.484 e. The Kier molecular flexibility index (Phi) is 6.45. The summed E-state index contributed by atoms with van der Waals surface area (Å²) in [5.74, 6) is 0.926. The molecule has 5 nitrogen and oxygen atoms in total. The molecule has 0 aromatic heterocycles. The molecule has 0 fully saturated rings. The Morgan fingerprint density at radius 1 is 1.39 bits per heavy atom. The van der Waals surface area contributed by atoms with Crippen LogP contribution in [0.1, 0.15) is 5.56 Å². The maximum absolute atomic E-state index is 10.9. The zero-order valence-corrected chi connectivity index (χ0v) is 12.4. The minimum absolute atomic E-state index is 0.0453. The zero-order valence-electron chi connectivity index (χ0n) is 9.89. The number of hydrogen-bond acceptors (Lipinski definition) is 5. The molecule has 0 saturated carbocycles. The lowest BCUT2D eigenvalue weighted by atomic mass is 10.2. The highest BCUT2D eigenvalue weighted by Gasteiger charge is 2.18. The van der Waals surface area contributed by atoms with E-state index in [1.807, 2.05) is 0 Å². The number of nitro benzene ring substituents is 1. The van der Waals surface area contributed by atoms with Gasteiger partial charge in [0, 0.05) is 16.3 Å². The fourth-order valence-electron chi connectivity index (χ4n) is 1.40. The lowest BCUT2D eigenvalue weighted by molar-refractivity contribution is -0.386. The Labute approximate surface area is 119 Å². The van der Waals surface area contributed by atoms with Gasteiger partial charge in [-0.25, -0.2) is 0 Å². The molecule has 0 amide bonds. The zero-order chi connectivity index (χ0) is 13.5. The molecule has 0 unspecified atom stereocenters. The highest BCUT2D eigenvalue weighted by Crippen LogP contribution is 2.33. The van der Waals surface area contributed by atoms with E-state index in [0.717, 1.165) is 0 Å². The molecule has 0 aliphatic rings. The van der Waals surface area contributed by atoms with E-state index in [2.05, 4.69) is 28.6 Å². The first kappa shape index (κ1) is 15.3. The van der Waals surface area contributed by atoms with E-state index in [1.54, 1.807) is 13.0 Å². The van der Waals surface area contributed by atoms with E-state index in [1.165, 1.54) is 6.07 Å². The third kappa shape index (κ3) is 4.47. The molecule has 1 aromatic rings. The Balaban J connectivity index is 2.71. The van der Waals surface area contributed by atoms with Crippen LogP contribution in [0.5, 0.6) is 5.75 Å². The van der Waals surface area contributed by atoms with Crippen LogP contribution in [0.2, 0.25) is 0 Å². The molecule has 7 heteroatoms. The van der Waals surface area contributed by atoms with Gasteiger partial charge in [0.05, 0.1) is 18.1 Å². The summed E-state index contributed by atoms with van der Waals surface area (Å²) in [5.41, 5.74) is 0.668. The molecule has 0 spiro atoms. The lowest BCUT2D eigenvalue weighted by Gasteiger charge is -2.10. The van der Waals surface area contributed by atoms with Crippen molar-refractivity contribution in [2.45, 2.75) is 6.92 Å². The molecule has 0 saturated heterocycles. The second-order valence-electron chi connectivity index (χ2n) is 3.51. The average Bonchev–Trinajstić information content (AvgIpc) is 2.30. The minimum atomic E-state index is -0.457. The van der Waals surface area contributed by atoms with E-state index in [-0.39, 0.29) is 18.0 Å². The summed E-state index contributed by atoms with van der Waals surface area (Å²) in [6, 6.07) is 3.20. The lowest BCUT2D eigenvalue weighted by Crippen LogP contribution is -2.09. The first-order chi connectivity index (χ1) is 8.56. The van der Waals surface area contributed by atoms with E-state index in [4.69, 9.17) is 9.47 Å². The number of benzene rings is 1. The van der Waals surface area contributed by atoms with Crippen LogP contribution in [-0.2, 0) is 4.74 Å². The number of ether oxygens (including phenoxy) is 2. The second-order valence-corrected chi connectivity index (χ2v) is 4.88. The summed E-state index contributed by atoms with van der Waals surface area (Å²) in [4.78, 5) is 10.5. The van der Waals surface area contributed by atoms with Crippen molar-refractivity contribution < 1.29 is 14.4 Å². The van der Waals surface area contributed by atoms with Crippen molar-refractivity contribution in [1.29, 1.82) is 0 Å². The molecule has 18 heavy (non-hydrogen) atoms. The van der Waals surface area contributed by atoms with E-state index in [9.17, 15) is 10.1 Å². The van der Waals surface area contributed by atoms with Crippen LogP contribution in [-0.4, -0.2) is 30.5 Å². The van der Waals surface area contributed by atoms with Gasteiger partial charge in [-0.05, 0) is 18.6 Å². The Morgan fingerprint density at radius 3 is 2.72 bits per heavy atom. The number of thiol groups is 1. The number of rotatable bonds is 7. The highest BCUT2D eigenvalue weighted by molar-refractivity contribution is 9.10. The second kappa shape index (κ2) is 7.60. The van der Waals surface area contributed by atoms with Gasteiger partial charge in [-0.1, -0.05) is 15.9 Å². The first-order valence-electron chi connectivity index (χ1n) is 5.32. The van der Waals surface area contributed by atoms with Crippen LogP contribution < -0.4 is 4.74 Å². The van der Waals surface area contributed by atoms with Crippen LogP contribution in [0.3, 0.4) is 0 Å². The molecule has 1 aromatic carbocycles. The van der Waals surface area contributed by atoms with Crippen LogP contribution in [0.4, 0.5) is 5.69 Å². The Bertz CT molecular complexity index is 428. The summed E-state index contributed by atoms with van der Waals surface area (Å²) in [6.07, 6.45) is 0. The van der Waals surface area contributed by atoms with E-state index < -0.39 is 4.92 Å². The normalized spacial score (nSPS) is 10.4. The van der Waals surface area contributed by atoms with Crippen LogP contribution in [0, 0.1) is 17.0 Å². The number of aryl methyl sites for hydroxylation is 1. The summed E-state index contributed by atoms with van der Waals surface area (Å²) < 4.78 is 11.3. The smallest absolute Gasteiger partial charge is 0.312 e. The molecule has 100 valence electrons. The van der Waals surface area contributed by atoms with Crippen molar-refractivity contribution in [1.82, 2.24) is 0 Å². The summed E-state index contributed by atoms with van der Waals surface area (Å²) in [7, 11) is 0. The number of nitro groups is 1. The van der Waals surface area contributed by atoms with Crippen molar-refractivity contribution >= 4 is 34.2 Å². The van der Waals surface area contributed by atoms with Gasteiger partial charge in [-0.2, -0.15) is 12.6 Å². The molecular weight excluding hydrogens is 322 g/mol. The van der Waals surface area contributed by atoms with Crippen LogP contribution in [0.25, 0.3) is 0 Å². The molecule has 0 aliphatic carbocycles. The number of nitrogens with zero attached hydrogens (tertiary/aromatic N) is 1. The SMILES string of the molecule is Cc1cc(Br)cc([N+](=O)[O-])c1OCCOCCS. The van der Waals surface area contributed by atoms with Crippen LogP contribution >= 0.6 is 28.6 Å². The average molecular weight is 336 g/mol. The molecule has 0 radical (unpaired) electrons. The molecule has 0 N–H and O–H groups in total. The monoisotopic (exact) mass is 335 g/mol. The Morgan fingerprint density at radius 2 is 2.11 bits per heavy atom.